The van der Waals surface area contributed by atoms with Gasteiger partial charge in [0.15, 0.2) is 0 Å². The number of hydrogen-bond donors (Lipinski definition) is 0. The Labute approximate surface area is 129 Å². The van der Waals surface area contributed by atoms with Gasteiger partial charge in [-0.2, -0.15) is 0 Å². The fraction of sp³-hybridized carbons (Fsp3) is 0.500. The number of carbonyl (C=O) groups excluding carboxylic acids is 1. The Morgan fingerprint density at radius 3 is 2.91 bits per heavy atom. The number of nitrogens with zero attached hydrogens (tertiary/aromatic N) is 4. The molecule has 116 valence electrons. The van der Waals surface area contributed by atoms with Gasteiger partial charge in [-0.25, -0.2) is 4.79 Å². The minimum absolute atomic E-state index is 0.0604. The van der Waals surface area contributed by atoms with Gasteiger partial charge in [-0.05, 0) is 30.7 Å². The van der Waals surface area contributed by atoms with Crippen molar-refractivity contribution in [1.29, 1.82) is 0 Å². The summed E-state index contributed by atoms with van der Waals surface area (Å²) >= 11 is 0. The highest BCUT2D eigenvalue weighted by molar-refractivity contribution is 6.01. The van der Waals surface area contributed by atoms with Crippen molar-refractivity contribution < 1.29 is 9.53 Å². The largest absolute Gasteiger partial charge is 0.464 e. The van der Waals surface area contributed by atoms with E-state index in [1.165, 1.54) is 5.56 Å². The third-order valence-electron chi connectivity index (χ3n) is 4.26. The lowest BCUT2D eigenvalue weighted by atomic mass is 9.85. The Morgan fingerprint density at radius 2 is 2.23 bits per heavy atom. The summed E-state index contributed by atoms with van der Waals surface area (Å²) in [6.45, 7) is 4.74. The molecule has 6 nitrogen and oxygen atoms in total. The quantitative estimate of drug-likeness (QED) is 0.783. The predicted octanol–water partition coefficient (Wildman–Crippen LogP) is 2.26. The Balaban J connectivity index is 1.69. The molecule has 0 spiro atoms. The number of esters is 1. The zero-order valence-electron chi connectivity index (χ0n) is 12.7. The summed E-state index contributed by atoms with van der Waals surface area (Å²) < 4.78 is 5.19. The molecule has 0 amide bonds. The Morgan fingerprint density at radius 1 is 1.41 bits per heavy atom. The van der Waals surface area contributed by atoms with Gasteiger partial charge in [0, 0.05) is 19.0 Å². The predicted molar refractivity (Wildman–Crippen MR) is 82.5 cm³/mol. The van der Waals surface area contributed by atoms with Crippen molar-refractivity contribution in [1.82, 2.24) is 4.90 Å². The Hall–Kier alpha value is -2.08. The molecular formula is C16H20N4O2. The van der Waals surface area contributed by atoms with Crippen molar-refractivity contribution in [2.45, 2.75) is 25.4 Å². The monoisotopic (exact) mass is 300 g/mol. The van der Waals surface area contributed by atoms with E-state index in [-0.39, 0.29) is 11.9 Å². The van der Waals surface area contributed by atoms with E-state index in [1.807, 2.05) is 18.2 Å². The molecule has 1 fully saturated rings. The SMILES string of the molecule is CCOC(=O)C1(C2CCN(Cc3ccccc3)C2)C=NN=N1. The smallest absolute Gasteiger partial charge is 0.342 e. The topological polar surface area (TPSA) is 66.6 Å². The molecule has 2 atom stereocenters. The van der Waals surface area contributed by atoms with Crippen LogP contribution in [0.5, 0.6) is 0 Å². The molecule has 1 aromatic carbocycles. The van der Waals surface area contributed by atoms with Crippen molar-refractivity contribution in [3.05, 3.63) is 35.9 Å². The van der Waals surface area contributed by atoms with E-state index >= 15 is 0 Å². The second-order valence-electron chi connectivity index (χ2n) is 5.69. The number of likely N-dealkylation sites (tertiary alicyclic amines) is 1. The van der Waals surface area contributed by atoms with Crippen molar-refractivity contribution in [2.24, 2.45) is 21.4 Å². The molecule has 2 unspecified atom stereocenters. The van der Waals surface area contributed by atoms with Crippen LogP contribution in [0.3, 0.4) is 0 Å². The molecule has 0 saturated carbocycles. The van der Waals surface area contributed by atoms with E-state index in [0.717, 1.165) is 26.1 Å². The van der Waals surface area contributed by atoms with Crippen molar-refractivity contribution in [2.75, 3.05) is 19.7 Å². The van der Waals surface area contributed by atoms with Crippen LogP contribution >= 0.6 is 0 Å². The van der Waals surface area contributed by atoms with Crippen LogP contribution in [0.15, 0.2) is 45.8 Å². The van der Waals surface area contributed by atoms with Crippen LogP contribution in [-0.4, -0.2) is 42.3 Å². The Bertz CT molecular complexity index is 573. The van der Waals surface area contributed by atoms with Gasteiger partial charge in [-0.1, -0.05) is 30.3 Å². The lowest BCUT2D eigenvalue weighted by Crippen LogP contribution is -2.46. The summed E-state index contributed by atoms with van der Waals surface area (Å²) in [6.07, 6.45) is 2.43. The fourth-order valence-corrected chi connectivity index (χ4v) is 3.11. The van der Waals surface area contributed by atoms with Crippen LogP contribution in [0.4, 0.5) is 0 Å². The molecule has 0 N–H and O–H groups in total. The third kappa shape index (κ3) is 2.78. The number of hydrogen-bond acceptors (Lipinski definition) is 6. The maximum absolute atomic E-state index is 12.3. The van der Waals surface area contributed by atoms with E-state index in [0.29, 0.717) is 6.61 Å². The van der Waals surface area contributed by atoms with E-state index in [1.54, 1.807) is 13.1 Å². The first kappa shape index (κ1) is 14.8. The normalized spacial score (nSPS) is 27.4. The summed E-state index contributed by atoms with van der Waals surface area (Å²) in [6, 6.07) is 10.3. The van der Waals surface area contributed by atoms with Gasteiger partial charge in [-0.3, -0.25) is 4.90 Å². The van der Waals surface area contributed by atoms with Crippen LogP contribution in [0.1, 0.15) is 18.9 Å². The molecule has 0 aromatic heterocycles. The average Bonchev–Trinajstić information content (AvgIpc) is 3.18. The second-order valence-corrected chi connectivity index (χ2v) is 5.69. The van der Waals surface area contributed by atoms with Crippen LogP contribution in [0, 0.1) is 5.92 Å². The maximum Gasteiger partial charge on any atom is 0.342 e. The van der Waals surface area contributed by atoms with Gasteiger partial charge in [0.05, 0.1) is 12.8 Å². The molecule has 22 heavy (non-hydrogen) atoms. The summed E-state index contributed by atoms with van der Waals surface area (Å²) in [7, 11) is 0. The number of carbonyl (C=O) groups is 1. The van der Waals surface area contributed by atoms with Crippen molar-refractivity contribution >= 4 is 12.2 Å². The van der Waals surface area contributed by atoms with Crippen molar-refractivity contribution in [3.8, 4) is 0 Å². The van der Waals surface area contributed by atoms with E-state index < -0.39 is 5.54 Å². The van der Waals surface area contributed by atoms with Crippen LogP contribution in [0.25, 0.3) is 0 Å². The van der Waals surface area contributed by atoms with Crippen LogP contribution in [0.2, 0.25) is 0 Å². The minimum atomic E-state index is -1.03. The number of rotatable bonds is 5. The van der Waals surface area contributed by atoms with Gasteiger partial charge in [0.2, 0.25) is 5.54 Å². The molecule has 0 aliphatic carbocycles. The van der Waals surface area contributed by atoms with Crippen LogP contribution in [-0.2, 0) is 16.1 Å². The Kier molecular flexibility index (Phi) is 4.29. The maximum atomic E-state index is 12.3. The van der Waals surface area contributed by atoms with Gasteiger partial charge < -0.3 is 4.74 Å². The lowest BCUT2D eigenvalue weighted by molar-refractivity contribution is -0.148. The first-order valence-electron chi connectivity index (χ1n) is 7.64. The molecular weight excluding hydrogens is 280 g/mol. The van der Waals surface area contributed by atoms with Crippen molar-refractivity contribution in [3.63, 3.8) is 0 Å². The molecule has 1 saturated heterocycles. The van der Waals surface area contributed by atoms with Gasteiger partial charge >= 0.3 is 5.97 Å². The van der Waals surface area contributed by atoms with Gasteiger partial charge in [0.25, 0.3) is 0 Å². The fourth-order valence-electron chi connectivity index (χ4n) is 3.11. The minimum Gasteiger partial charge on any atom is -0.464 e. The van der Waals surface area contributed by atoms with E-state index in [4.69, 9.17) is 4.74 Å². The first-order chi connectivity index (χ1) is 10.7. The molecule has 2 heterocycles. The summed E-state index contributed by atoms with van der Waals surface area (Å²) in [4.78, 5) is 14.7. The van der Waals surface area contributed by atoms with Gasteiger partial charge in [0.1, 0.15) is 0 Å². The van der Waals surface area contributed by atoms with Crippen LogP contribution < -0.4 is 0 Å². The van der Waals surface area contributed by atoms with Gasteiger partial charge in [-0.15, -0.1) is 10.2 Å². The third-order valence-corrected chi connectivity index (χ3v) is 4.26. The zero-order chi connectivity index (χ0) is 15.4. The number of ether oxygens (including phenoxy) is 1. The average molecular weight is 300 g/mol. The first-order valence-corrected chi connectivity index (χ1v) is 7.64. The summed E-state index contributed by atoms with van der Waals surface area (Å²) in [5.74, 6) is -0.281. The molecule has 2 aliphatic heterocycles. The second kappa shape index (κ2) is 6.36. The number of benzene rings is 1. The highest BCUT2D eigenvalue weighted by Crippen LogP contribution is 2.34. The molecule has 6 heteroatoms. The summed E-state index contributed by atoms with van der Waals surface area (Å²) in [5, 5.41) is 11.6. The highest BCUT2D eigenvalue weighted by Gasteiger charge is 2.50. The lowest BCUT2D eigenvalue weighted by Gasteiger charge is -2.26. The highest BCUT2D eigenvalue weighted by atomic mass is 16.5. The molecule has 2 aliphatic rings. The van der Waals surface area contributed by atoms with E-state index in [2.05, 4.69) is 32.5 Å². The molecule has 0 bridgehead atoms. The van der Waals surface area contributed by atoms with E-state index in [9.17, 15) is 4.79 Å². The molecule has 0 radical (unpaired) electrons. The molecule has 1 aromatic rings. The standard InChI is InChI=1S/C16H20N4O2/c1-2-22-15(21)16(12-17-19-18-16)14-8-9-20(11-14)10-13-6-4-3-5-7-13/h3-7,12,14H,2,8-11H2,1H3. The summed E-state index contributed by atoms with van der Waals surface area (Å²) in [5.41, 5.74) is 0.247. The zero-order valence-corrected chi connectivity index (χ0v) is 12.7. The molecule has 3 rings (SSSR count).